The van der Waals surface area contributed by atoms with E-state index < -0.39 is 53.6 Å². The number of esters is 2. The monoisotopic (exact) mass is 405 g/mol. The number of hydrogen-bond donors (Lipinski definition) is 0. The standard InChI is InChI=1S/C19H16ClNO7/c1-9(22)26-18(27-10(2)23)19-8-7-13(28-19)14-15(19)17(25)21(16(14)24)12-6-4-3-5-11(12)20/h3-8,13-15,18H,1-2H3/t13-,14+,15-,19-/m0/s1. The highest BCUT2D eigenvalue weighted by atomic mass is 35.5. The predicted molar refractivity (Wildman–Crippen MR) is 95.0 cm³/mol. The molecule has 1 aromatic carbocycles. The van der Waals surface area contributed by atoms with E-state index in [0.717, 1.165) is 18.7 Å². The Morgan fingerprint density at radius 1 is 1.14 bits per heavy atom. The number of carbonyl (C=O) groups excluding carboxylic acids is 4. The number of benzene rings is 1. The zero-order valence-corrected chi connectivity index (χ0v) is 15.7. The molecule has 3 aliphatic heterocycles. The van der Waals surface area contributed by atoms with Crippen molar-refractivity contribution in [3.63, 3.8) is 0 Å². The minimum absolute atomic E-state index is 0.246. The first-order valence-electron chi connectivity index (χ1n) is 8.60. The highest BCUT2D eigenvalue weighted by molar-refractivity contribution is 6.36. The van der Waals surface area contributed by atoms with Gasteiger partial charge in [-0.25, -0.2) is 4.90 Å². The summed E-state index contributed by atoms with van der Waals surface area (Å²) in [6.07, 6.45) is 0.934. The highest BCUT2D eigenvalue weighted by Gasteiger charge is 2.72. The molecule has 2 saturated heterocycles. The van der Waals surface area contributed by atoms with E-state index in [4.69, 9.17) is 25.8 Å². The number of rotatable bonds is 4. The van der Waals surface area contributed by atoms with Crippen LogP contribution in [0.1, 0.15) is 13.8 Å². The number of fused-ring (bicyclic) bond motifs is 5. The van der Waals surface area contributed by atoms with Gasteiger partial charge in [0.15, 0.2) is 5.60 Å². The van der Waals surface area contributed by atoms with Crippen molar-refractivity contribution in [2.45, 2.75) is 31.8 Å². The third-order valence-corrected chi connectivity index (χ3v) is 5.41. The average molecular weight is 406 g/mol. The van der Waals surface area contributed by atoms with Crippen LogP contribution in [0.25, 0.3) is 0 Å². The van der Waals surface area contributed by atoms with Crippen LogP contribution < -0.4 is 4.90 Å². The Kier molecular flexibility index (Phi) is 4.28. The fourth-order valence-corrected chi connectivity index (χ4v) is 4.31. The first-order valence-corrected chi connectivity index (χ1v) is 8.98. The molecular formula is C19H16ClNO7. The molecule has 146 valence electrons. The van der Waals surface area contributed by atoms with Gasteiger partial charge in [-0.15, -0.1) is 0 Å². The molecule has 4 rings (SSSR count). The van der Waals surface area contributed by atoms with Crippen LogP contribution in [0, 0.1) is 11.8 Å². The summed E-state index contributed by atoms with van der Waals surface area (Å²) < 4.78 is 16.2. The fourth-order valence-electron chi connectivity index (χ4n) is 4.09. The smallest absolute Gasteiger partial charge is 0.305 e. The van der Waals surface area contributed by atoms with Crippen LogP contribution in [0.2, 0.25) is 5.02 Å². The molecule has 0 aromatic heterocycles. The molecule has 2 fully saturated rings. The zero-order chi connectivity index (χ0) is 20.2. The third-order valence-electron chi connectivity index (χ3n) is 5.09. The molecule has 0 unspecified atom stereocenters. The number of anilines is 1. The first-order chi connectivity index (χ1) is 13.3. The quantitative estimate of drug-likeness (QED) is 0.324. The topological polar surface area (TPSA) is 99.2 Å². The first kappa shape index (κ1) is 18.6. The molecular weight excluding hydrogens is 390 g/mol. The number of imide groups is 1. The summed E-state index contributed by atoms with van der Waals surface area (Å²) in [5.74, 6) is -4.31. The highest BCUT2D eigenvalue weighted by Crippen LogP contribution is 2.55. The van der Waals surface area contributed by atoms with E-state index >= 15 is 0 Å². The lowest BCUT2D eigenvalue weighted by Gasteiger charge is -2.34. The molecule has 1 aromatic rings. The Balaban J connectivity index is 1.77. The summed E-state index contributed by atoms with van der Waals surface area (Å²) in [4.78, 5) is 50.5. The van der Waals surface area contributed by atoms with Crippen LogP contribution in [-0.4, -0.2) is 41.7 Å². The van der Waals surface area contributed by atoms with E-state index in [-0.39, 0.29) is 10.7 Å². The van der Waals surface area contributed by atoms with Gasteiger partial charge in [0.05, 0.1) is 28.6 Å². The van der Waals surface area contributed by atoms with Gasteiger partial charge in [-0.3, -0.25) is 19.2 Å². The van der Waals surface area contributed by atoms with Gasteiger partial charge in [-0.2, -0.15) is 0 Å². The Hall–Kier alpha value is -2.71. The van der Waals surface area contributed by atoms with Crippen molar-refractivity contribution in [2.24, 2.45) is 11.8 Å². The van der Waals surface area contributed by atoms with Crippen LogP contribution in [0.15, 0.2) is 36.4 Å². The molecule has 28 heavy (non-hydrogen) atoms. The Bertz CT molecular complexity index is 913. The number of para-hydroxylation sites is 1. The molecule has 4 atom stereocenters. The number of ether oxygens (including phenoxy) is 3. The number of hydrogen-bond acceptors (Lipinski definition) is 7. The predicted octanol–water partition coefficient (Wildman–Crippen LogP) is 1.61. The maximum Gasteiger partial charge on any atom is 0.305 e. The van der Waals surface area contributed by atoms with Crippen molar-refractivity contribution in [3.8, 4) is 0 Å². The molecule has 0 aliphatic carbocycles. The minimum atomic E-state index is -1.57. The Labute approximate surface area is 165 Å². The molecule has 3 aliphatic rings. The third kappa shape index (κ3) is 2.56. The normalized spacial score (nSPS) is 30.1. The van der Waals surface area contributed by atoms with E-state index in [0.29, 0.717) is 0 Å². The van der Waals surface area contributed by atoms with Crippen molar-refractivity contribution >= 4 is 41.0 Å². The average Bonchev–Trinajstić information content (AvgIpc) is 3.26. The SMILES string of the molecule is CC(=O)OC(OC(C)=O)[C@@]12C=C[C@H](O1)[C@H]1C(=O)N(c3ccccc3Cl)C(=O)[C@H]12. The largest absolute Gasteiger partial charge is 0.422 e. The Morgan fingerprint density at radius 3 is 2.39 bits per heavy atom. The number of nitrogens with zero attached hydrogens (tertiary/aromatic N) is 1. The Morgan fingerprint density at radius 2 is 1.79 bits per heavy atom. The van der Waals surface area contributed by atoms with Gasteiger partial charge in [0.2, 0.25) is 11.8 Å². The van der Waals surface area contributed by atoms with Crippen LogP contribution in [-0.2, 0) is 33.4 Å². The maximum absolute atomic E-state index is 13.3. The lowest BCUT2D eigenvalue weighted by Crippen LogP contribution is -2.52. The number of carbonyl (C=O) groups is 4. The van der Waals surface area contributed by atoms with Gasteiger partial charge in [0.1, 0.15) is 0 Å². The van der Waals surface area contributed by atoms with Crippen LogP contribution in [0.3, 0.4) is 0 Å². The van der Waals surface area contributed by atoms with Crippen LogP contribution in [0.5, 0.6) is 0 Å². The molecule has 2 amide bonds. The second-order valence-electron chi connectivity index (χ2n) is 6.81. The summed E-state index contributed by atoms with van der Waals surface area (Å²) in [6, 6.07) is 6.49. The van der Waals surface area contributed by atoms with Gasteiger partial charge in [-0.1, -0.05) is 29.8 Å². The van der Waals surface area contributed by atoms with Crippen molar-refractivity contribution in [3.05, 3.63) is 41.4 Å². The number of amides is 2. The van der Waals surface area contributed by atoms with E-state index in [1.165, 1.54) is 6.08 Å². The molecule has 9 heteroatoms. The van der Waals surface area contributed by atoms with E-state index in [9.17, 15) is 19.2 Å². The lowest BCUT2D eigenvalue weighted by atomic mass is 9.76. The van der Waals surface area contributed by atoms with Gasteiger partial charge < -0.3 is 14.2 Å². The van der Waals surface area contributed by atoms with Crippen molar-refractivity contribution in [1.82, 2.24) is 0 Å². The van der Waals surface area contributed by atoms with E-state index in [2.05, 4.69) is 0 Å². The second kappa shape index (κ2) is 6.42. The van der Waals surface area contributed by atoms with Gasteiger partial charge in [0, 0.05) is 13.8 Å². The molecule has 2 bridgehead atoms. The van der Waals surface area contributed by atoms with E-state index in [1.54, 1.807) is 30.3 Å². The van der Waals surface area contributed by atoms with Gasteiger partial charge in [-0.05, 0) is 18.2 Å². The summed E-state index contributed by atoms with van der Waals surface area (Å²) >= 11 is 6.18. The van der Waals surface area contributed by atoms with Crippen LogP contribution in [0.4, 0.5) is 5.69 Å². The summed E-state index contributed by atoms with van der Waals surface area (Å²) in [5, 5.41) is 0.246. The molecule has 3 heterocycles. The lowest BCUT2D eigenvalue weighted by molar-refractivity contribution is -0.226. The fraction of sp³-hybridized carbons (Fsp3) is 0.368. The van der Waals surface area contributed by atoms with Crippen molar-refractivity contribution in [2.75, 3.05) is 4.90 Å². The zero-order valence-electron chi connectivity index (χ0n) is 15.0. The molecule has 0 radical (unpaired) electrons. The molecule has 8 nitrogen and oxygen atoms in total. The van der Waals surface area contributed by atoms with E-state index in [1.807, 2.05) is 0 Å². The van der Waals surface area contributed by atoms with Crippen LogP contribution >= 0.6 is 11.6 Å². The minimum Gasteiger partial charge on any atom is -0.422 e. The second-order valence-corrected chi connectivity index (χ2v) is 7.22. The van der Waals surface area contributed by atoms with Crippen molar-refractivity contribution < 1.29 is 33.4 Å². The summed E-state index contributed by atoms with van der Waals surface area (Å²) in [6.45, 7) is 2.29. The van der Waals surface area contributed by atoms with Gasteiger partial charge >= 0.3 is 11.9 Å². The molecule has 0 saturated carbocycles. The number of halogens is 1. The summed E-state index contributed by atoms with van der Waals surface area (Å²) in [5.41, 5.74) is -1.31. The molecule has 0 N–H and O–H groups in total. The molecule has 0 spiro atoms. The van der Waals surface area contributed by atoms with Crippen molar-refractivity contribution in [1.29, 1.82) is 0 Å². The maximum atomic E-state index is 13.3. The van der Waals surface area contributed by atoms with Gasteiger partial charge in [0.25, 0.3) is 6.29 Å². The summed E-state index contributed by atoms with van der Waals surface area (Å²) in [7, 11) is 0.